The molecule has 2 unspecified atom stereocenters. The number of alkyl halides is 1. The molecule has 0 radical (unpaired) electrons. The fourth-order valence-corrected chi connectivity index (χ4v) is 0.952. The Bertz CT molecular complexity index is 69.5. The van der Waals surface area contributed by atoms with Crippen LogP contribution >= 0.6 is 12.4 Å². The topological polar surface area (TPSA) is 12.0 Å². The molecule has 1 aliphatic heterocycles. The van der Waals surface area contributed by atoms with E-state index in [1.165, 1.54) is 0 Å². The molecule has 0 saturated carbocycles. The molecular formula is C6H13ClFN. The van der Waals surface area contributed by atoms with Gasteiger partial charge in [-0.1, -0.05) is 6.92 Å². The van der Waals surface area contributed by atoms with Gasteiger partial charge >= 0.3 is 0 Å². The summed E-state index contributed by atoms with van der Waals surface area (Å²) in [5, 5.41) is 2.99. The lowest BCUT2D eigenvalue weighted by Crippen LogP contribution is -2.36. The molecule has 0 amide bonds. The van der Waals surface area contributed by atoms with Gasteiger partial charge in [0.1, 0.15) is 6.17 Å². The van der Waals surface area contributed by atoms with Crippen molar-refractivity contribution in [3.63, 3.8) is 0 Å². The number of nitrogens with one attached hydrogen (secondary N) is 1. The first-order valence-corrected chi connectivity index (χ1v) is 3.15. The van der Waals surface area contributed by atoms with E-state index < -0.39 is 6.17 Å². The Morgan fingerprint density at radius 3 is 2.56 bits per heavy atom. The Labute approximate surface area is 61.4 Å². The Balaban J connectivity index is 0.000000640. The first-order chi connectivity index (χ1) is 3.80. The zero-order valence-electron chi connectivity index (χ0n) is 5.56. The van der Waals surface area contributed by atoms with Crippen molar-refractivity contribution in [2.45, 2.75) is 19.5 Å². The molecule has 3 heteroatoms. The molecule has 1 fully saturated rings. The van der Waals surface area contributed by atoms with Crippen LogP contribution in [0.2, 0.25) is 0 Å². The van der Waals surface area contributed by atoms with Crippen LogP contribution in [0, 0.1) is 5.92 Å². The van der Waals surface area contributed by atoms with Crippen LogP contribution in [0.15, 0.2) is 0 Å². The number of hydrogen-bond donors (Lipinski definition) is 1. The summed E-state index contributed by atoms with van der Waals surface area (Å²) in [6.45, 7) is 3.51. The van der Waals surface area contributed by atoms with Gasteiger partial charge in [-0.25, -0.2) is 4.39 Å². The summed E-state index contributed by atoms with van der Waals surface area (Å²) in [6.07, 6.45) is 0.380. The average molecular weight is 154 g/mol. The third-order valence-corrected chi connectivity index (χ3v) is 1.73. The van der Waals surface area contributed by atoms with E-state index in [4.69, 9.17) is 0 Å². The summed E-state index contributed by atoms with van der Waals surface area (Å²) < 4.78 is 12.5. The normalized spacial score (nSPS) is 35.3. The number of piperidine rings is 1. The van der Waals surface area contributed by atoms with Crippen LogP contribution in [0.4, 0.5) is 4.39 Å². The Kier molecular flexibility index (Phi) is 4.15. The zero-order chi connectivity index (χ0) is 5.98. The summed E-state index contributed by atoms with van der Waals surface area (Å²) in [6, 6.07) is 0. The van der Waals surface area contributed by atoms with Gasteiger partial charge in [0.15, 0.2) is 0 Å². The SMILES string of the molecule is CC1CCNCC1F.Cl. The highest BCUT2D eigenvalue weighted by atomic mass is 35.5. The monoisotopic (exact) mass is 153 g/mol. The third kappa shape index (κ3) is 2.50. The lowest BCUT2D eigenvalue weighted by Gasteiger charge is -2.22. The van der Waals surface area contributed by atoms with Gasteiger partial charge in [0.05, 0.1) is 0 Å². The highest BCUT2D eigenvalue weighted by Crippen LogP contribution is 2.13. The number of rotatable bonds is 0. The second-order valence-corrected chi connectivity index (χ2v) is 2.49. The van der Waals surface area contributed by atoms with Crippen LogP contribution in [0.1, 0.15) is 13.3 Å². The zero-order valence-corrected chi connectivity index (χ0v) is 6.38. The molecule has 0 aromatic heterocycles. The quantitative estimate of drug-likeness (QED) is 0.555. The van der Waals surface area contributed by atoms with E-state index in [2.05, 4.69) is 5.32 Å². The minimum Gasteiger partial charge on any atom is -0.314 e. The van der Waals surface area contributed by atoms with Crippen LogP contribution < -0.4 is 5.32 Å². The minimum absolute atomic E-state index is 0. The Morgan fingerprint density at radius 1 is 1.56 bits per heavy atom. The van der Waals surface area contributed by atoms with E-state index in [0.29, 0.717) is 6.54 Å². The lowest BCUT2D eigenvalue weighted by atomic mass is 9.99. The first kappa shape index (κ1) is 9.18. The molecule has 9 heavy (non-hydrogen) atoms. The minimum atomic E-state index is -0.608. The van der Waals surface area contributed by atoms with Gasteiger partial charge < -0.3 is 5.32 Å². The lowest BCUT2D eigenvalue weighted by molar-refractivity contribution is 0.194. The molecule has 1 rings (SSSR count). The van der Waals surface area contributed by atoms with Crippen molar-refractivity contribution in [1.82, 2.24) is 5.32 Å². The third-order valence-electron chi connectivity index (χ3n) is 1.73. The second-order valence-electron chi connectivity index (χ2n) is 2.49. The van der Waals surface area contributed by atoms with Crippen molar-refractivity contribution in [2.24, 2.45) is 5.92 Å². The highest BCUT2D eigenvalue weighted by molar-refractivity contribution is 5.85. The van der Waals surface area contributed by atoms with Crippen molar-refractivity contribution in [1.29, 1.82) is 0 Å². The molecule has 0 spiro atoms. The van der Waals surface area contributed by atoms with Crippen molar-refractivity contribution >= 4 is 12.4 Å². The second kappa shape index (κ2) is 4.07. The van der Waals surface area contributed by atoms with Gasteiger partial charge in [-0.2, -0.15) is 0 Å². The maximum atomic E-state index is 12.5. The smallest absolute Gasteiger partial charge is 0.115 e. The fourth-order valence-electron chi connectivity index (χ4n) is 0.952. The maximum absolute atomic E-state index is 12.5. The van der Waals surface area contributed by atoms with Gasteiger partial charge in [-0.15, -0.1) is 12.4 Å². The van der Waals surface area contributed by atoms with E-state index in [0.717, 1.165) is 13.0 Å². The molecule has 1 aliphatic rings. The summed E-state index contributed by atoms with van der Waals surface area (Å²) in [5.74, 6) is 0.274. The fraction of sp³-hybridized carbons (Fsp3) is 1.00. The average Bonchev–Trinajstić information content (AvgIpc) is 1.77. The molecule has 0 aromatic carbocycles. The van der Waals surface area contributed by atoms with Crippen molar-refractivity contribution < 1.29 is 4.39 Å². The number of hydrogen-bond acceptors (Lipinski definition) is 1. The molecule has 0 bridgehead atoms. The molecule has 1 heterocycles. The van der Waals surface area contributed by atoms with Crippen LogP contribution in [0.3, 0.4) is 0 Å². The number of halogens is 2. The first-order valence-electron chi connectivity index (χ1n) is 3.15. The van der Waals surface area contributed by atoms with E-state index in [-0.39, 0.29) is 18.3 Å². The molecule has 1 saturated heterocycles. The van der Waals surface area contributed by atoms with E-state index >= 15 is 0 Å². The Morgan fingerprint density at radius 2 is 2.22 bits per heavy atom. The van der Waals surface area contributed by atoms with Crippen molar-refractivity contribution in [3.8, 4) is 0 Å². The molecule has 56 valence electrons. The van der Waals surface area contributed by atoms with Crippen LogP contribution in [0.25, 0.3) is 0 Å². The summed E-state index contributed by atoms with van der Waals surface area (Å²) in [4.78, 5) is 0. The van der Waals surface area contributed by atoms with Crippen LogP contribution in [0.5, 0.6) is 0 Å². The van der Waals surface area contributed by atoms with Gasteiger partial charge in [0.2, 0.25) is 0 Å². The van der Waals surface area contributed by atoms with Gasteiger partial charge in [0.25, 0.3) is 0 Å². The van der Waals surface area contributed by atoms with E-state index in [9.17, 15) is 4.39 Å². The van der Waals surface area contributed by atoms with Gasteiger partial charge in [-0.05, 0) is 18.9 Å². The molecule has 2 atom stereocenters. The largest absolute Gasteiger partial charge is 0.314 e. The predicted molar refractivity (Wildman–Crippen MR) is 38.8 cm³/mol. The molecule has 0 aliphatic carbocycles. The Hall–Kier alpha value is 0.180. The summed E-state index contributed by atoms with van der Waals surface area (Å²) in [5.41, 5.74) is 0. The molecule has 1 nitrogen and oxygen atoms in total. The van der Waals surface area contributed by atoms with Gasteiger partial charge in [0, 0.05) is 6.54 Å². The highest BCUT2D eigenvalue weighted by Gasteiger charge is 2.18. The summed E-state index contributed by atoms with van der Waals surface area (Å²) in [7, 11) is 0. The van der Waals surface area contributed by atoms with Crippen molar-refractivity contribution in [2.75, 3.05) is 13.1 Å². The standard InChI is InChI=1S/C6H12FN.ClH/c1-5-2-3-8-4-6(5)7;/h5-6,8H,2-4H2,1H3;1H. The van der Waals surface area contributed by atoms with Crippen LogP contribution in [-0.4, -0.2) is 19.3 Å². The van der Waals surface area contributed by atoms with Crippen molar-refractivity contribution in [3.05, 3.63) is 0 Å². The van der Waals surface area contributed by atoms with Crippen LogP contribution in [-0.2, 0) is 0 Å². The predicted octanol–water partition coefficient (Wildman–Crippen LogP) is 1.38. The van der Waals surface area contributed by atoms with Gasteiger partial charge in [-0.3, -0.25) is 0 Å². The van der Waals surface area contributed by atoms with E-state index in [1.54, 1.807) is 0 Å². The summed E-state index contributed by atoms with van der Waals surface area (Å²) >= 11 is 0. The molecule has 1 N–H and O–H groups in total. The molecule has 0 aromatic rings. The maximum Gasteiger partial charge on any atom is 0.115 e. The van der Waals surface area contributed by atoms with E-state index in [1.807, 2.05) is 6.92 Å². The molecular weight excluding hydrogens is 141 g/mol.